The lowest BCUT2D eigenvalue weighted by Crippen LogP contribution is -2.40. The molecule has 1 aliphatic rings. The Bertz CT molecular complexity index is 565. The van der Waals surface area contributed by atoms with Crippen molar-refractivity contribution in [1.82, 2.24) is 4.90 Å². The first-order valence-corrected chi connectivity index (χ1v) is 8.25. The molecule has 6 nitrogen and oxygen atoms in total. The quantitative estimate of drug-likeness (QED) is 0.637. The lowest BCUT2D eigenvalue weighted by molar-refractivity contribution is -0.384. The molecule has 1 aromatic carbocycles. The number of non-ortho nitro benzene ring substituents is 1. The largest absolute Gasteiger partial charge is 0.324 e. The van der Waals surface area contributed by atoms with E-state index in [1.54, 1.807) is 6.07 Å². The minimum Gasteiger partial charge on any atom is -0.324 e. The molecule has 0 saturated carbocycles. The fraction of sp³-hybridized carbons (Fsp3) is 0.533. The average molecular weight is 370 g/mol. The minimum absolute atomic E-state index is 0.00769. The summed E-state index contributed by atoms with van der Waals surface area (Å²) in [6.45, 7) is 4.46. The molecule has 1 aromatic rings. The van der Waals surface area contributed by atoms with Crippen molar-refractivity contribution in [2.75, 3.05) is 25.0 Å². The van der Waals surface area contributed by atoms with Gasteiger partial charge in [0.2, 0.25) is 5.91 Å². The van der Waals surface area contributed by atoms with Gasteiger partial charge in [0.15, 0.2) is 0 Å². The summed E-state index contributed by atoms with van der Waals surface area (Å²) in [7, 11) is 0. The Kier molecular flexibility index (Phi) is 5.90. The Hall–Kier alpha value is -1.47. The molecule has 1 heterocycles. The van der Waals surface area contributed by atoms with Crippen LogP contribution in [0.5, 0.6) is 0 Å². The van der Waals surface area contributed by atoms with Crippen molar-refractivity contribution in [3.05, 3.63) is 32.8 Å². The maximum atomic E-state index is 12.1. The highest BCUT2D eigenvalue weighted by Gasteiger charge is 2.20. The van der Waals surface area contributed by atoms with Crippen LogP contribution in [0.2, 0.25) is 0 Å². The number of halogens is 1. The number of nitro benzene ring substituents is 1. The summed E-state index contributed by atoms with van der Waals surface area (Å²) < 4.78 is 0.514. The maximum absolute atomic E-state index is 12.1. The number of carbonyl (C=O) groups is 1. The molecule has 1 N–H and O–H groups in total. The number of piperidine rings is 1. The Labute approximate surface area is 138 Å². The molecule has 1 atom stereocenters. The van der Waals surface area contributed by atoms with Gasteiger partial charge in [0, 0.05) is 23.2 Å². The number of rotatable bonds is 5. The van der Waals surface area contributed by atoms with Gasteiger partial charge in [0.25, 0.3) is 5.69 Å². The first-order valence-electron chi connectivity index (χ1n) is 7.45. The summed E-state index contributed by atoms with van der Waals surface area (Å²) in [5, 5.41) is 13.5. The number of carbonyl (C=O) groups excluding carboxylic acids is 1. The lowest BCUT2D eigenvalue weighted by Gasteiger charge is -2.31. The maximum Gasteiger partial charge on any atom is 0.270 e. The topological polar surface area (TPSA) is 75.5 Å². The van der Waals surface area contributed by atoms with E-state index >= 15 is 0 Å². The molecule has 1 amide bonds. The molecule has 22 heavy (non-hydrogen) atoms. The van der Waals surface area contributed by atoms with Crippen LogP contribution in [0, 0.1) is 16.0 Å². The smallest absolute Gasteiger partial charge is 0.270 e. The van der Waals surface area contributed by atoms with Gasteiger partial charge in [-0.15, -0.1) is 0 Å². The van der Waals surface area contributed by atoms with Crippen molar-refractivity contribution in [2.24, 2.45) is 5.92 Å². The second-order valence-corrected chi connectivity index (χ2v) is 6.48. The first kappa shape index (κ1) is 16.9. The highest BCUT2D eigenvalue weighted by atomic mass is 79.9. The van der Waals surface area contributed by atoms with Gasteiger partial charge in [-0.1, -0.05) is 13.3 Å². The number of benzene rings is 1. The van der Waals surface area contributed by atoms with Gasteiger partial charge in [-0.2, -0.15) is 0 Å². The van der Waals surface area contributed by atoms with Crippen LogP contribution in [0.3, 0.4) is 0 Å². The molecule has 0 aliphatic carbocycles. The molecular weight excluding hydrogens is 350 g/mol. The number of nitro groups is 1. The molecular formula is C15H20BrN3O3. The summed E-state index contributed by atoms with van der Waals surface area (Å²) in [5.74, 6) is 0.582. The first-order chi connectivity index (χ1) is 10.5. The third kappa shape index (κ3) is 4.51. The normalized spacial score (nSPS) is 18.9. The fourth-order valence-corrected chi connectivity index (χ4v) is 3.21. The molecule has 2 rings (SSSR count). The number of hydrogen-bond donors (Lipinski definition) is 1. The van der Waals surface area contributed by atoms with Gasteiger partial charge < -0.3 is 5.32 Å². The van der Waals surface area contributed by atoms with Crippen molar-refractivity contribution in [1.29, 1.82) is 0 Å². The van der Waals surface area contributed by atoms with E-state index in [1.807, 2.05) is 0 Å². The molecule has 7 heteroatoms. The SMILES string of the molecule is CCC1CCCN(CC(=O)Nc2ccc([N+](=O)[O-])cc2Br)C1. The summed E-state index contributed by atoms with van der Waals surface area (Å²) in [4.78, 5) is 24.5. The molecule has 0 spiro atoms. The summed E-state index contributed by atoms with van der Waals surface area (Å²) in [6, 6.07) is 4.32. The van der Waals surface area contributed by atoms with Crippen molar-refractivity contribution in [3.63, 3.8) is 0 Å². The van der Waals surface area contributed by atoms with E-state index in [2.05, 4.69) is 33.1 Å². The van der Waals surface area contributed by atoms with Crippen LogP contribution >= 0.6 is 15.9 Å². The summed E-state index contributed by atoms with van der Waals surface area (Å²) >= 11 is 3.26. The number of amides is 1. The number of anilines is 1. The molecule has 0 aromatic heterocycles. The minimum atomic E-state index is -0.463. The monoisotopic (exact) mass is 369 g/mol. The van der Waals surface area contributed by atoms with Crippen molar-refractivity contribution in [3.8, 4) is 0 Å². The van der Waals surface area contributed by atoms with Gasteiger partial charge in [0.05, 0.1) is 17.2 Å². The van der Waals surface area contributed by atoms with E-state index in [0.29, 0.717) is 22.6 Å². The van der Waals surface area contributed by atoms with Crippen LogP contribution < -0.4 is 5.32 Å². The van der Waals surface area contributed by atoms with E-state index in [9.17, 15) is 14.9 Å². The van der Waals surface area contributed by atoms with Gasteiger partial charge >= 0.3 is 0 Å². The fourth-order valence-electron chi connectivity index (χ4n) is 2.74. The predicted octanol–water partition coefficient (Wildman–Crippen LogP) is 3.42. The van der Waals surface area contributed by atoms with Crippen LogP contribution in [0.1, 0.15) is 26.2 Å². The Morgan fingerprint density at radius 3 is 2.95 bits per heavy atom. The van der Waals surface area contributed by atoms with E-state index in [1.165, 1.54) is 18.6 Å². The zero-order chi connectivity index (χ0) is 16.1. The van der Waals surface area contributed by atoms with Crippen LogP contribution in [0.15, 0.2) is 22.7 Å². The highest BCUT2D eigenvalue weighted by molar-refractivity contribution is 9.10. The lowest BCUT2D eigenvalue weighted by atomic mass is 9.96. The molecule has 0 radical (unpaired) electrons. The molecule has 120 valence electrons. The average Bonchev–Trinajstić information content (AvgIpc) is 2.49. The molecule has 1 fully saturated rings. The second kappa shape index (κ2) is 7.69. The Balaban J connectivity index is 1.93. The highest BCUT2D eigenvalue weighted by Crippen LogP contribution is 2.27. The summed E-state index contributed by atoms with van der Waals surface area (Å²) in [5.41, 5.74) is 0.548. The van der Waals surface area contributed by atoms with Crippen LogP contribution in [0.25, 0.3) is 0 Å². The van der Waals surface area contributed by atoms with E-state index in [0.717, 1.165) is 25.9 Å². The number of nitrogens with one attached hydrogen (secondary N) is 1. The molecule has 1 saturated heterocycles. The van der Waals surface area contributed by atoms with Crippen LogP contribution in [-0.4, -0.2) is 35.4 Å². The van der Waals surface area contributed by atoms with Crippen molar-refractivity contribution < 1.29 is 9.72 Å². The van der Waals surface area contributed by atoms with Gasteiger partial charge in [0.1, 0.15) is 0 Å². The zero-order valence-corrected chi connectivity index (χ0v) is 14.1. The Morgan fingerprint density at radius 2 is 2.32 bits per heavy atom. The number of hydrogen-bond acceptors (Lipinski definition) is 4. The molecule has 1 unspecified atom stereocenters. The van der Waals surface area contributed by atoms with Crippen LogP contribution in [-0.2, 0) is 4.79 Å². The molecule has 0 bridgehead atoms. The van der Waals surface area contributed by atoms with Gasteiger partial charge in [-0.3, -0.25) is 19.8 Å². The van der Waals surface area contributed by atoms with Crippen molar-refractivity contribution in [2.45, 2.75) is 26.2 Å². The standard InChI is InChI=1S/C15H20BrN3O3/c1-2-11-4-3-7-18(9-11)10-15(20)17-14-6-5-12(19(21)22)8-13(14)16/h5-6,8,11H,2-4,7,9-10H2,1H3,(H,17,20). The zero-order valence-electron chi connectivity index (χ0n) is 12.5. The number of nitrogens with zero attached hydrogens (tertiary/aromatic N) is 2. The van der Waals surface area contributed by atoms with Gasteiger partial charge in [-0.25, -0.2) is 0 Å². The second-order valence-electron chi connectivity index (χ2n) is 5.62. The van der Waals surface area contributed by atoms with E-state index < -0.39 is 4.92 Å². The van der Waals surface area contributed by atoms with Crippen molar-refractivity contribution >= 4 is 33.2 Å². The van der Waals surface area contributed by atoms with Crippen LogP contribution in [0.4, 0.5) is 11.4 Å². The third-order valence-corrected chi connectivity index (χ3v) is 4.64. The number of likely N-dealkylation sites (tertiary alicyclic amines) is 1. The van der Waals surface area contributed by atoms with E-state index in [-0.39, 0.29) is 11.6 Å². The Morgan fingerprint density at radius 1 is 1.55 bits per heavy atom. The summed E-state index contributed by atoms with van der Waals surface area (Å²) in [6.07, 6.45) is 3.52. The predicted molar refractivity (Wildman–Crippen MR) is 88.9 cm³/mol. The van der Waals surface area contributed by atoms with Gasteiger partial charge in [-0.05, 0) is 47.3 Å². The third-order valence-electron chi connectivity index (χ3n) is 3.99. The molecule has 1 aliphatic heterocycles. The van der Waals surface area contributed by atoms with E-state index in [4.69, 9.17) is 0 Å².